The number of hydrogen-bond donors (Lipinski definition) is 7. The number of β-amino-alcohol motifs (C(OH)–C–C–N with tert-alkyl or cyclic N) is 1. The van der Waals surface area contributed by atoms with Crippen LogP contribution < -0.4 is 0 Å². The van der Waals surface area contributed by atoms with E-state index in [9.17, 15) is 45.3 Å². The Labute approximate surface area is 212 Å². The monoisotopic (exact) mass is 524 g/mol. The minimum absolute atomic E-state index is 0.0410. The van der Waals surface area contributed by atoms with Gasteiger partial charge in [0.2, 0.25) is 6.29 Å². The summed E-state index contributed by atoms with van der Waals surface area (Å²) in [4.78, 5) is 23.4. The molecular weight excluding hydrogens is 494 g/mol. The average Bonchev–Trinajstić information content (AvgIpc) is 2.87. The van der Waals surface area contributed by atoms with Crippen LogP contribution in [-0.4, -0.2) is 115 Å². The Morgan fingerprint density at radius 2 is 1.86 bits per heavy atom. The van der Waals surface area contributed by atoms with E-state index in [0.717, 1.165) is 6.26 Å². The van der Waals surface area contributed by atoms with Crippen LogP contribution in [0, 0.1) is 24.3 Å². The minimum atomic E-state index is -1.70. The maximum absolute atomic E-state index is 11.9. The van der Waals surface area contributed by atoms with Crippen LogP contribution >= 0.6 is 0 Å². The lowest BCUT2D eigenvalue weighted by atomic mass is 9.83. The van der Waals surface area contributed by atoms with Crippen LogP contribution in [0.3, 0.4) is 0 Å². The Kier molecular flexibility index (Phi) is 9.50. The summed E-state index contributed by atoms with van der Waals surface area (Å²) in [6.07, 6.45) is -0.676. The molecule has 0 spiro atoms. The average molecular weight is 524 g/mol. The van der Waals surface area contributed by atoms with Gasteiger partial charge < -0.3 is 59.3 Å². The molecule has 0 amide bonds. The number of hydrogen-bond acceptors (Lipinski definition) is 10. The molecule has 1 saturated heterocycles. The molecule has 0 unspecified atom stereocenters. The lowest BCUT2D eigenvalue weighted by Gasteiger charge is -2.43. The van der Waals surface area contributed by atoms with E-state index < -0.39 is 67.4 Å². The first-order valence-electron chi connectivity index (χ1n) is 11.3. The molecule has 0 bridgehead atoms. The number of ether oxygens (including phenoxy) is 3. The molecule has 3 aliphatic heterocycles. The molecular formula is C24H30NO12-. The summed E-state index contributed by atoms with van der Waals surface area (Å²) in [5.41, 5.74) is -0.201. The number of allylic oxidation sites excluding steroid dienone is 3. The molecule has 1 fully saturated rings. The zero-order chi connectivity index (χ0) is 27.3. The lowest BCUT2D eigenvalue weighted by molar-refractivity contribution is -0.481. The number of carboxylic acid groups (broad SMARTS) is 2. The van der Waals surface area contributed by atoms with Crippen molar-refractivity contribution in [1.29, 1.82) is 0 Å². The predicted octanol–water partition coefficient (Wildman–Crippen LogP) is -2.06. The molecule has 3 rings (SSSR count). The van der Waals surface area contributed by atoms with Crippen LogP contribution in [0.25, 0.3) is 0 Å². The van der Waals surface area contributed by atoms with Gasteiger partial charge in [0, 0.05) is 18.7 Å². The maximum atomic E-state index is 11.9. The fraction of sp³-hybridized carbons (Fsp3) is 0.458. The van der Waals surface area contributed by atoms with Crippen molar-refractivity contribution in [3.8, 4) is 0 Å². The summed E-state index contributed by atoms with van der Waals surface area (Å²) in [6, 6.07) is 0. The molecule has 0 saturated carbocycles. The molecule has 7 N–H and O–H groups in total. The number of carboxylic acids is 2. The van der Waals surface area contributed by atoms with Crippen molar-refractivity contribution in [2.45, 2.75) is 37.0 Å². The third-order valence-corrected chi connectivity index (χ3v) is 6.10. The van der Waals surface area contributed by atoms with Gasteiger partial charge in [-0.2, -0.15) is 18.1 Å². The van der Waals surface area contributed by atoms with Gasteiger partial charge in [0.25, 0.3) is 0 Å². The van der Waals surface area contributed by atoms with E-state index >= 15 is 0 Å². The van der Waals surface area contributed by atoms with E-state index in [4.69, 9.17) is 14.2 Å². The summed E-state index contributed by atoms with van der Waals surface area (Å²) >= 11 is 0. The fourth-order valence-electron chi connectivity index (χ4n) is 4.13. The number of aliphatic carboxylic acids is 2. The molecule has 0 aliphatic carbocycles. The third-order valence-electron chi connectivity index (χ3n) is 6.10. The van der Waals surface area contributed by atoms with Gasteiger partial charge in [-0.25, -0.2) is 10.9 Å². The topological polar surface area (TPSA) is 206 Å². The molecule has 0 aromatic carbocycles. The second kappa shape index (κ2) is 12.4. The Morgan fingerprint density at radius 1 is 1.14 bits per heavy atom. The van der Waals surface area contributed by atoms with E-state index in [1.807, 2.05) is 0 Å². The molecule has 204 valence electrons. The van der Waals surface area contributed by atoms with E-state index in [0.29, 0.717) is 5.92 Å². The molecule has 8 atom stereocenters. The van der Waals surface area contributed by atoms with Gasteiger partial charge in [0.05, 0.1) is 18.4 Å². The minimum Gasteiger partial charge on any atom is -0.530 e. The highest BCUT2D eigenvalue weighted by atomic mass is 16.8. The number of carbonyl (C=O) groups is 2. The molecule has 37 heavy (non-hydrogen) atoms. The highest BCUT2D eigenvalue weighted by Gasteiger charge is 2.46. The molecule has 0 aromatic heterocycles. The van der Waals surface area contributed by atoms with Crippen molar-refractivity contribution in [2.75, 3.05) is 19.8 Å². The van der Waals surface area contributed by atoms with Crippen molar-refractivity contribution in [2.24, 2.45) is 11.8 Å². The van der Waals surface area contributed by atoms with Gasteiger partial charge in [-0.15, -0.1) is 12.2 Å². The zero-order valence-corrected chi connectivity index (χ0v) is 19.6. The smallest absolute Gasteiger partial charge is 0.334 e. The van der Waals surface area contributed by atoms with Gasteiger partial charge in [-0.1, -0.05) is 6.08 Å². The van der Waals surface area contributed by atoms with Gasteiger partial charge >= 0.3 is 5.97 Å². The number of nitrogens with zero attached hydrogens (tertiary/aromatic N) is 1. The second-order valence-electron chi connectivity index (χ2n) is 8.54. The summed E-state index contributed by atoms with van der Waals surface area (Å²) in [6.45, 7) is 4.33. The predicted molar refractivity (Wildman–Crippen MR) is 123 cm³/mol. The number of rotatable bonds is 10. The lowest BCUT2D eigenvalue weighted by Crippen LogP contribution is -2.60. The highest BCUT2D eigenvalue weighted by Crippen LogP contribution is 2.36. The summed E-state index contributed by atoms with van der Waals surface area (Å²) in [5, 5.41) is 68.0. The molecule has 13 heteroatoms. The van der Waals surface area contributed by atoms with Crippen molar-refractivity contribution < 1.29 is 64.1 Å². The number of aliphatic hydroxyl groups is 5. The van der Waals surface area contributed by atoms with Crippen LogP contribution in [0.4, 0.5) is 0 Å². The summed E-state index contributed by atoms with van der Waals surface area (Å²) < 4.78 is 18.0. The standard InChI is InChI=1S/C24H30NO12/c1-2-14-15(4-3-12-7-13(21(31)32)9-25(8-12)5-6-26)16(22(33)34)11-35-23(14)37-24-20(30)19(29)18(28)17(10-27)36-24/h2-4,7-9,11,14-15,17-20,23-24,26-30H,1,5-6,10H2,(H,31,32)(H,33,34)/q-1/b4-3+/t14-,15-,17+,18-,19-,20+,23+,24-/m0/s1. The Morgan fingerprint density at radius 3 is 2.46 bits per heavy atom. The van der Waals surface area contributed by atoms with Crippen molar-refractivity contribution in [3.63, 3.8) is 0 Å². The van der Waals surface area contributed by atoms with Crippen LogP contribution in [0.2, 0.25) is 0 Å². The van der Waals surface area contributed by atoms with Gasteiger partial charge in [0.15, 0.2) is 18.8 Å². The summed E-state index contributed by atoms with van der Waals surface area (Å²) in [5.74, 6) is -3.80. The van der Waals surface area contributed by atoms with Crippen molar-refractivity contribution in [1.82, 2.24) is 0 Å². The second-order valence-corrected chi connectivity index (χ2v) is 8.54. The third kappa shape index (κ3) is 6.40. The Bertz CT molecular complexity index is 986. The fourth-order valence-corrected chi connectivity index (χ4v) is 4.13. The molecule has 13 nitrogen and oxygen atoms in total. The van der Waals surface area contributed by atoms with Crippen LogP contribution in [0.5, 0.6) is 0 Å². The first-order valence-corrected chi connectivity index (χ1v) is 11.3. The van der Waals surface area contributed by atoms with Gasteiger partial charge in [-0.05, 0) is 5.92 Å². The normalized spacial score (nSPS) is 34.1. The van der Waals surface area contributed by atoms with E-state index in [1.165, 1.54) is 35.4 Å². The SMILES string of the molecule is C=C[C@@H]1[C@@H](O[C@@H]2O[C@H](CO)[C@H](O)[C@H](O)[C@H]2O)OC=C(C(=O)O)[C@H]1/C=C/[C-]1C=C(C(=O)O)[CH-][N+](CCO)=C1. The first kappa shape index (κ1) is 28.4. The largest absolute Gasteiger partial charge is 0.530 e. The van der Waals surface area contributed by atoms with Crippen LogP contribution in [0.1, 0.15) is 0 Å². The van der Waals surface area contributed by atoms with Crippen molar-refractivity contribution >= 4 is 18.2 Å². The zero-order valence-electron chi connectivity index (χ0n) is 19.6. The maximum Gasteiger partial charge on any atom is 0.334 e. The molecule has 3 heterocycles. The highest BCUT2D eigenvalue weighted by molar-refractivity contribution is 5.93. The summed E-state index contributed by atoms with van der Waals surface area (Å²) in [7, 11) is 0. The van der Waals surface area contributed by atoms with E-state index in [1.54, 1.807) is 6.21 Å². The van der Waals surface area contributed by atoms with Crippen LogP contribution in [0.15, 0.2) is 48.3 Å². The Balaban J connectivity index is 1.86. The van der Waals surface area contributed by atoms with Crippen molar-refractivity contribution in [3.05, 3.63) is 60.8 Å². The van der Waals surface area contributed by atoms with Gasteiger partial charge in [0.1, 0.15) is 31.0 Å². The molecule has 3 aliphatic rings. The Hall–Kier alpha value is -3.17. The van der Waals surface area contributed by atoms with E-state index in [2.05, 4.69) is 6.58 Å². The van der Waals surface area contributed by atoms with Crippen LogP contribution in [-0.2, 0) is 23.8 Å². The first-order chi connectivity index (χ1) is 17.6. The molecule has 0 radical (unpaired) electrons. The number of aliphatic hydroxyl groups excluding tert-OH is 5. The molecule has 0 aromatic rings. The quantitative estimate of drug-likeness (QED) is 0.0936. The van der Waals surface area contributed by atoms with E-state index in [-0.39, 0.29) is 24.3 Å². The van der Waals surface area contributed by atoms with Gasteiger partial charge in [-0.3, -0.25) is 0 Å².